The molecule has 1 rings (SSSR count). The molecule has 0 amide bonds. The molecule has 0 aliphatic carbocycles. The third-order valence-electron chi connectivity index (χ3n) is 1.13. The Morgan fingerprint density at radius 1 is 1.36 bits per heavy atom. The van der Waals surface area contributed by atoms with Gasteiger partial charge in [0.25, 0.3) is 5.69 Å². The average molecular weight is 174 g/mol. The van der Waals surface area contributed by atoms with Gasteiger partial charge >= 0.3 is 0 Å². The van der Waals surface area contributed by atoms with E-state index in [-0.39, 0.29) is 5.02 Å². The van der Waals surface area contributed by atoms with Gasteiger partial charge in [0, 0.05) is 0 Å². The van der Waals surface area contributed by atoms with Crippen LogP contribution in [0.15, 0.2) is 12.1 Å². The lowest BCUT2D eigenvalue weighted by molar-refractivity contribution is 0.594. The first-order chi connectivity index (χ1) is 5.16. The molecule has 0 saturated carbocycles. The van der Waals surface area contributed by atoms with Crippen LogP contribution in [0.4, 0.5) is 14.5 Å². The summed E-state index contributed by atoms with van der Waals surface area (Å²) < 4.78 is 25.2. The largest absolute Gasteiger partial charge is 0.258 e. The van der Waals surface area contributed by atoms with Crippen molar-refractivity contribution < 1.29 is 8.78 Å². The number of rotatable bonds is 0. The Labute approximate surface area is 67.0 Å². The minimum Gasteiger partial charge on any atom is -0.232 e. The Balaban J connectivity index is 3.44. The summed E-state index contributed by atoms with van der Waals surface area (Å²) >= 11 is 5.28. The van der Waals surface area contributed by atoms with Crippen LogP contribution in [0.1, 0.15) is 0 Å². The maximum atomic E-state index is 12.7. The van der Waals surface area contributed by atoms with Gasteiger partial charge in [-0.15, -0.1) is 0 Å². The second kappa shape index (κ2) is 2.85. The smallest absolute Gasteiger partial charge is 0.232 e. The Hall–Kier alpha value is -1.14. The molecule has 0 N–H and O–H groups in total. The summed E-state index contributed by atoms with van der Waals surface area (Å²) in [5.74, 6) is -1.89. The number of nitrogens with zero attached hydrogens (tertiary/aromatic N) is 1. The van der Waals surface area contributed by atoms with E-state index < -0.39 is 17.3 Å². The summed E-state index contributed by atoms with van der Waals surface area (Å²) in [5.41, 5.74) is -0.655. The Morgan fingerprint density at radius 3 is 2.45 bits per heavy atom. The topological polar surface area (TPSA) is 4.36 Å². The first-order valence-electron chi connectivity index (χ1n) is 2.67. The number of hydrogen-bond acceptors (Lipinski definition) is 0. The van der Waals surface area contributed by atoms with Crippen LogP contribution in [-0.2, 0) is 0 Å². The summed E-state index contributed by atoms with van der Waals surface area (Å²) in [4.78, 5) is 2.65. The van der Waals surface area contributed by atoms with E-state index in [1.807, 2.05) is 0 Å². The molecule has 0 aromatic heterocycles. The van der Waals surface area contributed by atoms with Crippen LogP contribution in [0.5, 0.6) is 0 Å². The molecule has 0 heterocycles. The van der Waals surface area contributed by atoms with E-state index in [1.165, 1.54) is 0 Å². The van der Waals surface area contributed by atoms with E-state index in [4.69, 9.17) is 18.2 Å². The van der Waals surface area contributed by atoms with E-state index >= 15 is 0 Å². The van der Waals surface area contributed by atoms with Gasteiger partial charge in [0.2, 0.25) is 0 Å². The van der Waals surface area contributed by atoms with E-state index in [2.05, 4.69) is 4.85 Å². The molecule has 1 aromatic carbocycles. The molecule has 0 aliphatic heterocycles. The normalized spacial score (nSPS) is 9.27. The van der Waals surface area contributed by atoms with Gasteiger partial charge in [-0.05, 0) is 12.1 Å². The average Bonchev–Trinajstić information content (AvgIpc) is 1.99. The summed E-state index contributed by atoms with van der Waals surface area (Å²) in [6.07, 6.45) is 0. The highest BCUT2D eigenvalue weighted by Crippen LogP contribution is 2.27. The van der Waals surface area contributed by atoms with Crippen LogP contribution in [0.3, 0.4) is 0 Å². The second-order valence-electron chi connectivity index (χ2n) is 1.80. The van der Waals surface area contributed by atoms with Crippen molar-refractivity contribution in [1.29, 1.82) is 0 Å². The maximum absolute atomic E-state index is 12.7. The predicted molar refractivity (Wildman–Crippen MR) is 37.6 cm³/mol. The Kier molecular flexibility index (Phi) is 2.06. The monoisotopic (exact) mass is 173 g/mol. The van der Waals surface area contributed by atoms with Crippen LogP contribution < -0.4 is 0 Å². The highest BCUT2D eigenvalue weighted by Gasteiger charge is 2.11. The van der Waals surface area contributed by atoms with Crippen molar-refractivity contribution in [3.63, 3.8) is 0 Å². The fraction of sp³-hybridized carbons (Fsp3) is 0. The molecule has 0 spiro atoms. The van der Waals surface area contributed by atoms with Crippen LogP contribution in [0.2, 0.25) is 5.02 Å². The van der Waals surface area contributed by atoms with Crippen molar-refractivity contribution in [3.05, 3.63) is 40.2 Å². The van der Waals surface area contributed by atoms with E-state index in [1.54, 1.807) is 0 Å². The zero-order chi connectivity index (χ0) is 8.43. The number of halogens is 3. The molecule has 0 bridgehead atoms. The highest BCUT2D eigenvalue weighted by molar-refractivity contribution is 6.31. The van der Waals surface area contributed by atoms with Crippen LogP contribution in [-0.4, -0.2) is 0 Å². The van der Waals surface area contributed by atoms with Crippen molar-refractivity contribution >= 4 is 17.3 Å². The van der Waals surface area contributed by atoms with E-state index in [0.29, 0.717) is 0 Å². The van der Waals surface area contributed by atoms with Crippen molar-refractivity contribution in [2.75, 3.05) is 0 Å². The minimum atomic E-state index is -0.998. The Morgan fingerprint density at radius 2 is 2.00 bits per heavy atom. The van der Waals surface area contributed by atoms with Crippen LogP contribution in [0, 0.1) is 18.2 Å². The number of hydrogen-bond donors (Lipinski definition) is 0. The predicted octanol–water partition coefficient (Wildman–Crippen LogP) is 3.17. The molecule has 1 nitrogen and oxygen atoms in total. The van der Waals surface area contributed by atoms with E-state index in [0.717, 1.165) is 12.1 Å². The minimum absolute atomic E-state index is 0.239. The highest BCUT2D eigenvalue weighted by atomic mass is 35.5. The maximum Gasteiger partial charge on any atom is 0.258 e. The van der Waals surface area contributed by atoms with Crippen LogP contribution in [0.25, 0.3) is 4.85 Å². The zero-order valence-corrected chi connectivity index (χ0v) is 5.99. The molecule has 0 fully saturated rings. The molecule has 1 aromatic rings. The third kappa shape index (κ3) is 1.31. The fourth-order valence-corrected chi connectivity index (χ4v) is 0.771. The number of benzene rings is 1. The molecule has 0 aliphatic rings. The summed E-state index contributed by atoms with van der Waals surface area (Å²) in [5, 5.41) is -0.239. The van der Waals surface area contributed by atoms with E-state index in [9.17, 15) is 8.78 Å². The quantitative estimate of drug-likeness (QED) is 0.419. The summed E-state index contributed by atoms with van der Waals surface area (Å²) in [7, 11) is 0. The van der Waals surface area contributed by atoms with Gasteiger partial charge < -0.3 is 0 Å². The molecule has 0 unspecified atom stereocenters. The molecule has 0 radical (unpaired) electrons. The summed E-state index contributed by atoms with van der Waals surface area (Å²) in [6.45, 7) is 6.41. The van der Waals surface area contributed by atoms with Gasteiger partial charge in [-0.2, -0.15) is 0 Å². The summed E-state index contributed by atoms with van der Waals surface area (Å²) in [6, 6.07) is 2.03. The standard InChI is InChI=1S/C7H2ClF2N/c1-11-7-5(9)3-2-4(8)6(7)10/h2-3H. The lowest BCUT2D eigenvalue weighted by atomic mass is 10.3. The molecule has 56 valence electrons. The zero-order valence-electron chi connectivity index (χ0n) is 5.24. The molecule has 11 heavy (non-hydrogen) atoms. The van der Waals surface area contributed by atoms with Crippen molar-refractivity contribution in [2.24, 2.45) is 0 Å². The van der Waals surface area contributed by atoms with Gasteiger partial charge in [0.15, 0.2) is 5.82 Å². The molecule has 4 heteroatoms. The second-order valence-corrected chi connectivity index (χ2v) is 2.21. The van der Waals surface area contributed by atoms with Crippen molar-refractivity contribution in [2.45, 2.75) is 0 Å². The molecule has 0 saturated heterocycles. The molecular formula is C7H2ClF2N. The third-order valence-corrected chi connectivity index (χ3v) is 1.42. The van der Waals surface area contributed by atoms with Gasteiger partial charge in [-0.25, -0.2) is 13.6 Å². The first-order valence-corrected chi connectivity index (χ1v) is 3.05. The van der Waals surface area contributed by atoms with Gasteiger partial charge in [-0.1, -0.05) is 11.6 Å². The van der Waals surface area contributed by atoms with Crippen molar-refractivity contribution in [3.8, 4) is 0 Å². The molecular weight excluding hydrogens is 172 g/mol. The van der Waals surface area contributed by atoms with Gasteiger partial charge in [-0.3, -0.25) is 0 Å². The Bertz CT molecular complexity index is 330. The van der Waals surface area contributed by atoms with Gasteiger partial charge in [0.1, 0.15) is 5.82 Å². The van der Waals surface area contributed by atoms with Crippen LogP contribution >= 0.6 is 11.6 Å². The van der Waals surface area contributed by atoms with Gasteiger partial charge in [0.05, 0.1) is 11.6 Å². The SMILES string of the molecule is [C-]#[N+]c1c(F)ccc(Cl)c1F. The molecule has 0 atom stereocenters. The lowest BCUT2D eigenvalue weighted by Gasteiger charge is -1.96. The lowest BCUT2D eigenvalue weighted by Crippen LogP contribution is -1.81. The fourth-order valence-electron chi connectivity index (χ4n) is 0.619. The first kappa shape index (κ1) is 7.96. The van der Waals surface area contributed by atoms with Crippen molar-refractivity contribution in [1.82, 2.24) is 0 Å².